The van der Waals surface area contributed by atoms with Crippen LogP contribution in [0.4, 0.5) is 0 Å². The molecule has 1 amide bonds. The summed E-state index contributed by atoms with van der Waals surface area (Å²) in [6.45, 7) is 0. The zero-order valence-corrected chi connectivity index (χ0v) is 10.3. The SMILES string of the molecule is CN=C1NC2C(OC(C(=O)NC)C(O)C2O)S1. The van der Waals surface area contributed by atoms with Gasteiger partial charge in [0, 0.05) is 14.1 Å². The highest BCUT2D eigenvalue weighted by molar-refractivity contribution is 8.14. The van der Waals surface area contributed by atoms with E-state index in [9.17, 15) is 15.0 Å². The Labute approximate surface area is 103 Å². The summed E-state index contributed by atoms with van der Waals surface area (Å²) in [4.78, 5) is 15.5. The van der Waals surface area contributed by atoms with E-state index in [0.29, 0.717) is 5.17 Å². The highest BCUT2D eigenvalue weighted by Gasteiger charge is 2.50. The van der Waals surface area contributed by atoms with E-state index in [-0.39, 0.29) is 0 Å². The third kappa shape index (κ3) is 2.13. The van der Waals surface area contributed by atoms with E-state index in [1.807, 2.05) is 0 Å². The Morgan fingerprint density at radius 3 is 2.82 bits per heavy atom. The Bertz CT molecular complexity index is 351. The van der Waals surface area contributed by atoms with E-state index in [2.05, 4.69) is 15.6 Å². The number of nitrogens with one attached hydrogen (secondary N) is 2. The molecule has 0 radical (unpaired) electrons. The van der Waals surface area contributed by atoms with Crippen LogP contribution in [0.2, 0.25) is 0 Å². The summed E-state index contributed by atoms with van der Waals surface area (Å²) in [5, 5.41) is 25.7. The average Bonchev–Trinajstić information content (AvgIpc) is 2.76. The smallest absolute Gasteiger partial charge is 0.251 e. The van der Waals surface area contributed by atoms with Crippen molar-refractivity contribution in [1.29, 1.82) is 0 Å². The van der Waals surface area contributed by atoms with Gasteiger partial charge in [0.25, 0.3) is 5.91 Å². The molecule has 2 fully saturated rings. The van der Waals surface area contributed by atoms with Gasteiger partial charge in [0.2, 0.25) is 0 Å². The summed E-state index contributed by atoms with van der Waals surface area (Å²) in [6, 6.07) is -0.449. The molecule has 0 aliphatic carbocycles. The van der Waals surface area contributed by atoms with Crippen LogP contribution in [0.3, 0.4) is 0 Å². The molecule has 5 unspecified atom stereocenters. The number of aliphatic hydroxyl groups is 2. The van der Waals surface area contributed by atoms with E-state index in [1.54, 1.807) is 7.05 Å². The third-order valence-electron chi connectivity index (χ3n) is 2.83. The average molecular weight is 261 g/mol. The Balaban J connectivity index is 2.16. The van der Waals surface area contributed by atoms with Crippen LogP contribution in [-0.4, -0.2) is 65.2 Å². The molecule has 0 aromatic heterocycles. The minimum atomic E-state index is -1.25. The minimum absolute atomic E-state index is 0.422. The minimum Gasteiger partial charge on any atom is -0.388 e. The molecule has 0 bridgehead atoms. The molecule has 8 heteroatoms. The van der Waals surface area contributed by atoms with Gasteiger partial charge >= 0.3 is 0 Å². The third-order valence-corrected chi connectivity index (χ3v) is 3.99. The summed E-state index contributed by atoms with van der Waals surface area (Å²) in [6.07, 6.45) is -3.37. The van der Waals surface area contributed by atoms with Crippen LogP contribution in [0.15, 0.2) is 4.99 Å². The number of nitrogens with zero attached hydrogens (tertiary/aromatic N) is 1. The molecule has 2 aliphatic rings. The fourth-order valence-electron chi connectivity index (χ4n) is 1.88. The standard InChI is InChI=1S/C9H15N3O4S/c1-10-7(15)6-5(14)4(13)3-8(16-6)17-9(11-2)12-3/h3-6,8,13-14H,1-2H3,(H,10,15)(H,11,12). The maximum Gasteiger partial charge on any atom is 0.251 e. The normalized spacial score (nSPS) is 43.1. The largest absolute Gasteiger partial charge is 0.388 e. The lowest BCUT2D eigenvalue weighted by Crippen LogP contribution is -2.62. The molecule has 7 nitrogen and oxygen atoms in total. The van der Waals surface area contributed by atoms with E-state index in [0.717, 1.165) is 0 Å². The second-order valence-corrected chi connectivity index (χ2v) is 4.92. The van der Waals surface area contributed by atoms with Crippen LogP contribution in [0, 0.1) is 0 Å². The number of carbonyl (C=O) groups excluding carboxylic acids is 1. The number of ether oxygens (including phenoxy) is 1. The van der Waals surface area contributed by atoms with Gasteiger partial charge in [-0.1, -0.05) is 11.8 Å². The second kappa shape index (κ2) is 4.81. The molecule has 4 N–H and O–H groups in total. The van der Waals surface area contributed by atoms with Crippen molar-refractivity contribution in [2.75, 3.05) is 14.1 Å². The molecule has 96 valence electrons. The molecule has 2 saturated heterocycles. The second-order valence-electron chi connectivity index (χ2n) is 3.84. The van der Waals surface area contributed by atoms with Crippen molar-refractivity contribution in [1.82, 2.24) is 10.6 Å². The Morgan fingerprint density at radius 2 is 2.24 bits per heavy atom. The number of aliphatic imine (C=N–C) groups is 1. The van der Waals surface area contributed by atoms with Crippen LogP contribution in [-0.2, 0) is 9.53 Å². The van der Waals surface area contributed by atoms with Gasteiger partial charge < -0.3 is 25.6 Å². The summed E-state index contributed by atoms with van der Waals surface area (Å²) in [7, 11) is 3.07. The first kappa shape index (κ1) is 12.6. The quantitative estimate of drug-likeness (QED) is 0.430. The maximum atomic E-state index is 11.5. The predicted octanol–water partition coefficient (Wildman–Crippen LogP) is -2.13. The number of likely N-dealkylation sites (N-methyl/N-ethyl adjacent to an activating group) is 1. The molecule has 2 heterocycles. The summed E-state index contributed by atoms with van der Waals surface area (Å²) in [5.41, 5.74) is -0.422. The molecule has 5 atom stereocenters. The van der Waals surface area contributed by atoms with Crippen molar-refractivity contribution < 1.29 is 19.7 Å². The van der Waals surface area contributed by atoms with Crippen molar-refractivity contribution in [3.8, 4) is 0 Å². The Hall–Kier alpha value is -0.830. The Morgan fingerprint density at radius 1 is 1.53 bits per heavy atom. The van der Waals surface area contributed by atoms with E-state index in [1.165, 1.54) is 18.8 Å². The van der Waals surface area contributed by atoms with Gasteiger partial charge in [-0.2, -0.15) is 0 Å². The first-order valence-electron chi connectivity index (χ1n) is 5.21. The molecular formula is C9H15N3O4S. The number of aliphatic hydroxyl groups excluding tert-OH is 2. The number of thioether (sulfide) groups is 1. The first-order valence-corrected chi connectivity index (χ1v) is 6.09. The van der Waals surface area contributed by atoms with E-state index >= 15 is 0 Å². The van der Waals surface area contributed by atoms with Crippen LogP contribution in [0.1, 0.15) is 0 Å². The molecule has 0 aromatic carbocycles. The van der Waals surface area contributed by atoms with Crippen molar-refractivity contribution in [2.45, 2.75) is 29.8 Å². The Kier molecular flexibility index (Phi) is 3.57. The van der Waals surface area contributed by atoms with Crippen molar-refractivity contribution >= 4 is 22.8 Å². The molecule has 0 saturated carbocycles. The van der Waals surface area contributed by atoms with Crippen LogP contribution >= 0.6 is 11.8 Å². The highest BCUT2D eigenvalue weighted by Crippen LogP contribution is 2.33. The number of fused-ring (bicyclic) bond motifs is 1. The maximum absolute atomic E-state index is 11.5. The highest BCUT2D eigenvalue weighted by atomic mass is 32.2. The fraction of sp³-hybridized carbons (Fsp3) is 0.778. The van der Waals surface area contributed by atoms with Crippen molar-refractivity contribution in [3.05, 3.63) is 0 Å². The molecule has 0 aromatic rings. The number of hydrogen-bond acceptors (Lipinski definition) is 6. The monoisotopic (exact) mass is 261 g/mol. The number of carbonyl (C=O) groups is 1. The van der Waals surface area contributed by atoms with Gasteiger partial charge in [0.15, 0.2) is 11.3 Å². The van der Waals surface area contributed by atoms with E-state index in [4.69, 9.17) is 4.74 Å². The lowest BCUT2D eigenvalue weighted by Gasteiger charge is -2.37. The zero-order valence-electron chi connectivity index (χ0n) is 9.45. The lowest BCUT2D eigenvalue weighted by molar-refractivity contribution is -0.172. The van der Waals surface area contributed by atoms with Crippen LogP contribution < -0.4 is 10.6 Å². The first-order chi connectivity index (χ1) is 8.08. The number of amidine groups is 1. The van der Waals surface area contributed by atoms with Crippen LogP contribution in [0.25, 0.3) is 0 Å². The number of rotatable bonds is 1. The zero-order chi connectivity index (χ0) is 12.6. The van der Waals surface area contributed by atoms with E-state index < -0.39 is 35.7 Å². The summed E-state index contributed by atoms with van der Waals surface area (Å²) >= 11 is 1.30. The van der Waals surface area contributed by atoms with Crippen molar-refractivity contribution in [2.24, 2.45) is 4.99 Å². The number of hydrogen-bond donors (Lipinski definition) is 4. The van der Waals surface area contributed by atoms with Gasteiger partial charge in [0.05, 0.1) is 6.04 Å². The van der Waals surface area contributed by atoms with Gasteiger partial charge in [-0.3, -0.25) is 9.79 Å². The molecule has 2 aliphatic heterocycles. The molecular weight excluding hydrogens is 246 g/mol. The fourth-order valence-corrected chi connectivity index (χ4v) is 2.96. The topological polar surface area (TPSA) is 103 Å². The number of amides is 1. The van der Waals surface area contributed by atoms with Crippen molar-refractivity contribution in [3.63, 3.8) is 0 Å². The van der Waals surface area contributed by atoms with Gasteiger partial charge in [-0.05, 0) is 0 Å². The lowest BCUT2D eigenvalue weighted by atomic mass is 9.97. The molecule has 2 rings (SSSR count). The molecule has 0 spiro atoms. The summed E-state index contributed by atoms with van der Waals surface area (Å²) < 4.78 is 5.48. The van der Waals surface area contributed by atoms with Gasteiger partial charge in [-0.25, -0.2) is 0 Å². The van der Waals surface area contributed by atoms with Crippen LogP contribution in [0.5, 0.6) is 0 Å². The predicted molar refractivity (Wildman–Crippen MR) is 62.6 cm³/mol. The van der Waals surface area contributed by atoms with Gasteiger partial charge in [0.1, 0.15) is 17.6 Å². The molecule has 17 heavy (non-hydrogen) atoms. The van der Waals surface area contributed by atoms with Gasteiger partial charge in [-0.15, -0.1) is 0 Å². The summed E-state index contributed by atoms with van der Waals surface area (Å²) in [5.74, 6) is -0.447.